The highest BCUT2D eigenvalue weighted by atomic mass is 16.3. The monoisotopic (exact) mass is 247 g/mol. The van der Waals surface area contributed by atoms with Crippen molar-refractivity contribution in [2.45, 2.75) is 26.3 Å². The van der Waals surface area contributed by atoms with E-state index in [4.69, 9.17) is 4.42 Å². The maximum atomic E-state index is 11.5. The normalized spacial score (nSPS) is 17.6. The van der Waals surface area contributed by atoms with Crippen LogP contribution in [0.25, 0.3) is 11.5 Å². The van der Waals surface area contributed by atoms with Crippen molar-refractivity contribution in [1.29, 1.82) is 0 Å². The molecular formula is C12H13N3O3. The predicted molar refractivity (Wildman–Crippen MR) is 63.2 cm³/mol. The fourth-order valence-electron chi connectivity index (χ4n) is 2.33. The van der Waals surface area contributed by atoms with Crippen molar-refractivity contribution < 1.29 is 9.52 Å². The smallest absolute Gasteiger partial charge is 0.242 e. The summed E-state index contributed by atoms with van der Waals surface area (Å²) in [6.45, 7) is 4.13. The summed E-state index contributed by atoms with van der Waals surface area (Å²) in [6.07, 6.45) is 3.15. The third kappa shape index (κ3) is 1.38. The van der Waals surface area contributed by atoms with E-state index in [1.54, 1.807) is 4.68 Å². The molecule has 94 valence electrons. The molecule has 0 saturated heterocycles. The van der Waals surface area contributed by atoms with Crippen molar-refractivity contribution in [2.24, 2.45) is 5.92 Å². The van der Waals surface area contributed by atoms with E-state index in [-0.39, 0.29) is 11.8 Å². The molecule has 0 spiro atoms. The first-order valence-electron chi connectivity index (χ1n) is 5.83. The first kappa shape index (κ1) is 11.0. The Labute approximate surface area is 103 Å². The Hall–Kier alpha value is -2.11. The van der Waals surface area contributed by atoms with Gasteiger partial charge in [-0.25, -0.2) is 4.98 Å². The average molecular weight is 247 g/mol. The lowest BCUT2D eigenvalue weighted by atomic mass is 9.94. The van der Waals surface area contributed by atoms with Crippen molar-refractivity contribution in [3.05, 3.63) is 28.5 Å². The van der Waals surface area contributed by atoms with Crippen molar-refractivity contribution in [3.8, 4) is 17.2 Å². The van der Waals surface area contributed by atoms with E-state index in [2.05, 4.69) is 23.9 Å². The number of nitrogens with zero attached hydrogens (tertiary/aromatic N) is 3. The van der Waals surface area contributed by atoms with Crippen LogP contribution in [-0.2, 0) is 6.42 Å². The summed E-state index contributed by atoms with van der Waals surface area (Å²) in [7, 11) is 0. The molecule has 18 heavy (non-hydrogen) atoms. The molecule has 0 bridgehead atoms. The minimum Gasteiger partial charge on any atom is -0.503 e. The number of aromatic hydroxyl groups is 1. The zero-order valence-electron chi connectivity index (χ0n) is 10.1. The van der Waals surface area contributed by atoms with Gasteiger partial charge in [-0.1, -0.05) is 13.8 Å². The second-order valence-electron chi connectivity index (χ2n) is 4.79. The summed E-state index contributed by atoms with van der Waals surface area (Å²) in [5.74, 6) is 0.422. The molecule has 1 aliphatic rings. The Morgan fingerprint density at radius 3 is 3.06 bits per heavy atom. The Morgan fingerprint density at radius 2 is 2.33 bits per heavy atom. The van der Waals surface area contributed by atoms with Gasteiger partial charge >= 0.3 is 0 Å². The van der Waals surface area contributed by atoms with Gasteiger partial charge in [0.25, 0.3) is 0 Å². The van der Waals surface area contributed by atoms with Gasteiger partial charge in [-0.15, -0.1) is 0 Å². The van der Waals surface area contributed by atoms with Crippen LogP contribution in [0, 0.1) is 5.92 Å². The van der Waals surface area contributed by atoms with E-state index in [0.717, 1.165) is 11.9 Å². The molecule has 0 amide bonds. The Bertz CT molecular complexity index is 657. The van der Waals surface area contributed by atoms with E-state index >= 15 is 0 Å². The Morgan fingerprint density at radius 1 is 1.56 bits per heavy atom. The number of oxazole rings is 1. The van der Waals surface area contributed by atoms with Gasteiger partial charge in [0, 0.05) is 6.42 Å². The lowest BCUT2D eigenvalue weighted by molar-refractivity contribution is 0.321. The van der Waals surface area contributed by atoms with Crippen molar-refractivity contribution in [3.63, 3.8) is 0 Å². The van der Waals surface area contributed by atoms with Gasteiger partial charge in [-0.05, 0) is 5.92 Å². The van der Waals surface area contributed by atoms with E-state index in [0.29, 0.717) is 23.8 Å². The number of aromatic nitrogens is 3. The molecule has 0 saturated carbocycles. The molecule has 1 N–H and O–H groups in total. The zero-order valence-corrected chi connectivity index (χ0v) is 10.1. The van der Waals surface area contributed by atoms with Gasteiger partial charge in [0.05, 0.1) is 17.9 Å². The van der Waals surface area contributed by atoms with Gasteiger partial charge in [-0.2, -0.15) is 5.10 Å². The minimum atomic E-state index is -0.506. The topological polar surface area (TPSA) is 81.2 Å². The lowest BCUT2D eigenvalue weighted by Crippen LogP contribution is -2.27. The highest BCUT2D eigenvalue weighted by molar-refractivity contribution is 5.64. The van der Waals surface area contributed by atoms with E-state index in [1.165, 1.54) is 6.39 Å². The SMILES string of the molecule is CC(C)C1Cc2ncoc2-c2c(O)c(=O)cnn21. The summed E-state index contributed by atoms with van der Waals surface area (Å²) in [4.78, 5) is 15.6. The van der Waals surface area contributed by atoms with Crippen molar-refractivity contribution >= 4 is 0 Å². The molecule has 3 heterocycles. The fourth-order valence-corrected chi connectivity index (χ4v) is 2.33. The summed E-state index contributed by atoms with van der Waals surface area (Å²) < 4.78 is 6.94. The molecule has 0 fully saturated rings. The summed E-state index contributed by atoms with van der Waals surface area (Å²) in [5, 5.41) is 14.1. The van der Waals surface area contributed by atoms with Crippen LogP contribution in [-0.4, -0.2) is 19.9 Å². The molecule has 1 aliphatic heterocycles. The van der Waals surface area contributed by atoms with Crippen LogP contribution in [0.15, 0.2) is 21.8 Å². The fraction of sp³-hybridized carbons (Fsp3) is 0.417. The summed E-state index contributed by atoms with van der Waals surface area (Å²) in [6, 6.07) is 0.0594. The Kier molecular flexibility index (Phi) is 2.26. The second kappa shape index (κ2) is 3.69. The molecule has 1 unspecified atom stereocenters. The van der Waals surface area contributed by atoms with Gasteiger partial charge < -0.3 is 9.52 Å². The third-order valence-corrected chi connectivity index (χ3v) is 3.33. The molecule has 2 aromatic rings. The maximum Gasteiger partial charge on any atom is 0.242 e. The Balaban J connectivity index is 2.33. The summed E-state index contributed by atoms with van der Waals surface area (Å²) in [5.41, 5.74) is 0.587. The van der Waals surface area contributed by atoms with Gasteiger partial charge in [0.2, 0.25) is 5.43 Å². The van der Waals surface area contributed by atoms with Crippen LogP contribution in [0.1, 0.15) is 25.6 Å². The zero-order chi connectivity index (χ0) is 12.9. The molecule has 0 aliphatic carbocycles. The number of hydrogen-bond donors (Lipinski definition) is 1. The molecule has 0 aromatic carbocycles. The van der Waals surface area contributed by atoms with Crippen LogP contribution < -0.4 is 5.43 Å². The second-order valence-corrected chi connectivity index (χ2v) is 4.79. The molecular weight excluding hydrogens is 234 g/mol. The standard InChI is InChI=1S/C12H13N3O3/c1-6(2)8-3-7-12(18-5-13-7)10-11(17)9(16)4-14-15(8)10/h4-6,8,17H,3H2,1-2H3. The van der Waals surface area contributed by atoms with Gasteiger partial charge in [0.15, 0.2) is 23.6 Å². The molecule has 3 rings (SSSR count). The summed E-state index contributed by atoms with van der Waals surface area (Å²) >= 11 is 0. The molecule has 6 nitrogen and oxygen atoms in total. The highest BCUT2D eigenvalue weighted by Crippen LogP contribution is 2.38. The van der Waals surface area contributed by atoms with Gasteiger partial charge in [0.1, 0.15) is 0 Å². The number of rotatable bonds is 1. The average Bonchev–Trinajstić information content (AvgIpc) is 2.80. The van der Waals surface area contributed by atoms with Crippen LogP contribution in [0.5, 0.6) is 5.75 Å². The molecule has 1 atom stereocenters. The van der Waals surface area contributed by atoms with Crippen LogP contribution in [0.2, 0.25) is 0 Å². The van der Waals surface area contributed by atoms with Crippen LogP contribution in [0.4, 0.5) is 0 Å². The first-order valence-corrected chi connectivity index (χ1v) is 5.83. The van der Waals surface area contributed by atoms with Crippen molar-refractivity contribution in [2.75, 3.05) is 0 Å². The number of hydrogen-bond acceptors (Lipinski definition) is 5. The largest absolute Gasteiger partial charge is 0.503 e. The molecule has 2 aromatic heterocycles. The molecule has 0 radical (unpaired) electrons. The third-order valence-electron chi connectivity index (χ3n) is 3.33. The predicted octanol–water partition coefficient (Wildman–Crippen LogP) is 1.36. The number of fused-ring (bicyclic) bond motifs is 3. The van der Waals surface area contributed by atoms with Crippen molar-refractivity contribution in [1.82, 2.24) is 14.8 Å². The minimum absolute atomic E-state index is 0.0594. The maximum absolute atomic E-state index is 11.5. The lowest BCUT2D eigenvalue weighted by Gasteiger charge is -2.28. The quantitative estimate of drug-likeness (QED) is 0.822. The molecule has 6 heteroatoms. The first-order chi connectivity index (χ1) is 8.59. The highest BCUT2D eigenvalue weighted by Gasteiger charge is 2.32. The van der Waals surface area contributed by atoms with E-state index < -0.39 is 5.43 Å². The van der Waals surface area contributed by atoms with Crippen LogP contribution >= 0.6 is 0 Å². The van der Waals surface area contributed by atoms with Gasteiger partial charge in [-0.3, -0.25) is 9.48 Å². The van der Waals surface area contributed by atoms with E-state index in [1.807, 2.05) is 0 Å². The van der Waals surface area contributed by atoms with Crippen LogP contribution in [0.3, 0.4) is 0 Å². The van der Waals surface area contributed by atoms with E-state index in [9.17, 15) is 9.90 Å².